The minimum atomic E-state index is -0.497. The summed E-state index contributed by atoms with van der Waals surface area (Å²) in [5, 5.41) is 0. The predicted octanol–water partition coefficient (Wildman–Crippen LogP) is 2.93. The number of carbonyl (C=O) groups excluding carboxylic acids is 2. The maximum atomic E-state index is 12.8. The molecule has 0 spiro atoms. The molecule has 27 heavy (non-hydrogen) atoms. The number of ether oxygens (including phenoxy) is 1. The van der Waals surface area contributed by atoms with E-state index in [2.05, 4.69) is 17.1 Å². The first-order valence-electron chi connectivity index (χ1n) is 9.75. The Morgan fingerprint density at radius 2 is 1.44 bits per heavy atom. The molecule has 0 N–H and O–H groups in total. The molecule has 0 radical (unpaired) electrons. The molecule has 7 nitrogen and oxygen atoms in total. The van der Waals surface area contributed by atoms with Crippen LogP contribution in [0, 0.1) is 0 Å². The summed E-state index contributed by atoms with van der Waals surface area (Å²) < 4.78 is 5.41. The third-order valence-electron chi connectivity index (χ3n) is 5.14. The van der Waals surface area contributed by atoms with Gasteiger partial charge in [-0.2, -0.15) is 0 Å². The van der Waals surface area contributed by atoms with E-state index < -0.39 is 5.60 Å². The van der Waals surface area contributed by atoms with Crippen LogP contribution in [0.25, 0.3) is 0 Å². The molecule has 0 bridgehead atoms. The van der Waals surface area contributed by atoms with Crippen LogP contribution in [0.2, 0.25) is 0 Å². The fraction of sp³-hybridized carbons (Fsp3) is 0.650. The molecule has 7 heteroatoms. The van der Waals surface area contributed by atoms with Gasteiger partial charge in [0, 0.05) is 51.7 Å². The zero-order valence-corrected chi connectivity index (χ0v) is 16.6. The molecule has 2 aliphatic rings. The van der Waals surface area contributed by atoms with Crippen molar-refractivity contribution in [3.8, 4) is 0 Å². The van der Waals surface area contributed by atoms with E-state index in [1.807, 2.05) is 43.0 Å². The van der Waals surface area contributed by atoms with Crippen molar-refractivity contribution in [2.24, 2.45) is 0 Å². The van der Waals surface area contributed by atoms with Crippen molar-refractivity contribution in [1.29, 1.82) is 0 Å². The number of rotatable bonds is 1. The quantitative estimate of drug-likeness (QED) is 0.758. The topological polar surface area (TPSA) is 66.0 Å². The zero-order valence-electron chi connectivity index (χ0n) is 16.6. The van der Waals surface area contributed by atoms with Crippen molar-refractivity contribution >= 4 is 12.1 Å². The van der Waals surface area contributed by atoms with Gasteiger partial charge < -0.3 is 19.4 Å². The van der Waals surface area contributed by atoms with Gasteiger partial charge in [-0.05, 0) is 57.2 Å². The van der Waals surface area contributed by atoms with Crippen LogP contribution in [0.3, 0.4) is 0 Å². The van der Waals surface area contributed by atoms with E-state index in [-0.39, 0.29) is 12.1 Å². The molecular formula is C20H30N4O3. The second-order valence-electron chi connectivity index (χ2n) is 8.28. The summed E-state index contributed by atoms with van der Waals surface area (Å²) in [5.74, 6) is 0.501. The fourth-order valence-electron chi connectivity index (χ4n) is 3.65. The van der Waals surface area contributed by atoms with Crippen LogP contribution in [0.15, 0.2) is 24.5 Å². The molecule has 0 aliphatic carbocycles. The number of likely N-dealkylation sites (tertiary alicyclic amines) is 1. The van der Waals surface area contributed by atoms with Crippen LogP contribution in [-0.2, 0) is 4.74 Å². The maximum absolute atomic E-state index is 12.8. The van der Waals surface area contributed by atoms with Crippen molar-refractivity contribution < 1.29 is 14.3 Å². The molecule has 3 heterocycles. The van der Waals surface area contributed by atoms with Gasteiger partial charge in [-0.15, -0.1) is 0 Å². The summed E-state index contributed by atoms with van der Waals surface area (Å²) in [5.41, 5.74) is 0.812. The van der Waals surface area contributed by atoms with E-state index >= 15 is 0 Å². The fourth-order valence-corrected chi connectivity index (χ4v) is 3.65. The van der Waals surface area contributed by atoms with Crippen LogP contribution in [0.5, 0.6) is 0 Å². The Kier molecular flexibility index (Phi) is 5.87. The number of amides is 3. The molecule has 148 valence electrons. The van der Waals surface area contributed by atoms with Gasteiger partial charge in [-0.1, -0.05) is 0 Å². The number of nitrogens with zero attached hydrogens (tertiary/aromatic N) is 4. The molecule has 3 amide bonds. The monoisotopic (exact) mass is 374 g/mol. The highest BCUT2D eigenvalue weighted by atomic mass is 16.6. The lowest BCUT2D eigenvalue weighted by Gasteiger charge is -2.40. The minimum absolute atomic E-state index is 0.0898. The highest BCUT2D eigenvalue weighted by molar-refractivity contribution is 5.75. The number of pyridine rings is 1. The van der Waals surface area contributed by atoms with Crippen LogP contribution in [0.1, 0.15) is 45.1 Å². The van der Waals surface area contributed by atoms with E-state index in [0.29, 0.717) is 32.1 Å². The number of hydrogen-bond donors (Lipinski definition) is 0. The Morgan fingerprint density at radius 3 is 2.00 bits per heavy atom. The van der Waals surface area contributed by atoms with Gasteiger partial charge in [0.2, 0.25) is 0 Å². The number of urea groups is 1. The first-order chi connectivity index (χ1) is 12.8. The largest absolute Gasteiger partial charge is 0.444 e. The lowest BCUT2D eigenvalue weighted by Crippen LogP contribution is -2.55. The number of aromatic nitrogens is 1. The van der Waals surface area contributed by atoms with Crippen LogP contribution < -0.4 is 0 Å². The highest BCUT2D eigenvalue weighted by Gasteiger charge is 2.31. The van der Waals surface area contributed by atoms with Gasteiger partial charge in [0.05, 0.1) is 0 Å². The Morgan fingerprint density at radius 1 is 0.926 bits per heavy atom. The van der Waals surface area contributed by atoms with Crippen molar-refractivity contribution in [2.75, 3.05) is 39.3 Å². The number of carbonyl (C=O) groups is 2. The molecule has 0 aromatic carbocycles. The third kappa shape index (κ3) is 5.11. The van der Waals surface area contributed by atoms with E-state index in [1.54, 1.807) is 4.90 Å². The van der Waals surface area contributed by atoms with Crippen molar-refractivity contribution in [1.82, 2.24) is 19.7 Å². The summed E-state index contributed by atoms with van der Waals surface area (Å²) in [6.45, 7) is 9.30. The molecule has 2 fully saturated rings. The Bertz CT molecular complexity index is 643. The first kappa shape index (κ1) is 19.5. The van der Waals surface area contributed by atoms with Gasteiger partial charge in [0.15, 0.2) is 0 Å². The summed E-state index contributed by atoms with van der Waals surface area (Å²) in [4.78, 5) is 34.5. The normalized spacial score (nSPS) is 19.1. The van der Waals surface area contributed by atoms with E-state index in [4.69, 9.17) is 4.74 Å². The smallest absolute Gasteiger partial charge is 0.410 e. The summed E-state index contributed by atoms with van der Waals surface area (Å²) in [7, 11) is 0. The van der Waals surface area contributed by atoms with Crippen LogP contribution in [-0.4, -0.2) is 76.7 Å². The van der Waals surface area contributed by atoms with Crippen LogP contribution >= 0.6 is 0 Å². The Balaban J connectivity index is 1.45. The van der Waals surface area contributed by atoms with Gasteiger partial charge in [0.25, 0.3) is 0 Å². The summed E-state index contributed by atoms with van der Waals surface area (Å²) in [6.07, 6.45) is 5.32. The van der Waals surface area contributed by atoms with Crippen molar-refractivity contribution in [3.05, 3.63) is 30.1 Å². The molecule has 3 rings (SSSR count). The predicted molar refractivity (Wildman–Crippen MR) is 103 cm³/mol. The number of hydrogen-bond acceptors (Lipinski definition) is 4. The van der Waals surface area contributed by atoms with Crippen molar-refractivity contribution in [3.63, 3.8) is 0 Å². The number of piperazine rings is 1. The molecular weight excluding hydrogens is 344 g/mol. The molecule has 1 aromatic heterocycles. The average Bonchev–Trinajstić information content (AvgIpc) is 2.67. The van der Waals surface area contributed by atoms with Crippen LogP contribution in [0.4, 0.5) is 9.59 Å². The Labute approximate surface area is 161 Å². The SMILES string of the molecule is CC(C)(C)OC(=O)N1CCN(C(=O)N2CCC(c3ccncc3)CC2)CC1. The molecule has 0 saturated carbocycles. The summed E-state index contributed by atoms with van der Waals surface area (Å²) >= 11 is 0. The minimum Gasteiger partial charge on any atom is -0.444 e. The van der Waals surface area contributed by atoms with Gasteiger partial charge in [-0.25, -0.2) is 9.59 Å². The van der Waals surface area contributed by atoms with E-state index in [9.17, 15) is 9.59 Å². The van der Waals surface area contributed by atoms with E-state index in [0.717, 1.165) is 25.9 Å². The second-order valence-corrected chi connectivity index (χ2v) is 8.28. The van der Waals surface area contributed by atoms with Crippen molar-refractivity contribution in [2.45, 2.75) is 45.1 Å². The zero-order chi connectivity index (χ0) is 19.4. The maximum Gasteiger partial charge on any atom is 0.410 e. The van der Waals surface area contributed by atoms with Gasteiger partial charge in [0.1, 0.15) is 5.60 Å². The molecule has 0 unspecified atom stereocenters. The summed E-state index contributed by atoms with van der Waals surface area (Å²) in [6, 6.07) is 4.22. The molecule has 2 saturated heterocycles. The lowest BCUT2D eigenvalue weighted by molar-refractivity contribution is 0.0154. The van der Waals surface area contributed by atoms with Gasteiger partial charge >= 0.3 is 12.1 Å². The standard InChI is InChI=1S/C20H30N4O3/c1-20(2,3)27-19(26)24-14-12-23(13-15-24)18(25)22-10-6-17(7-11-22)16-4-8-21-9-5-16/h4-5,8-9,17H,6-7,10-15H2,1-3H3. The third-order valence-corrected chi connectivity index (χ3v) is 5.14. The molecule has 2 aliphatic heterocycles. The Hall–Kier alpha value is -2.31. The molecule has 1 aromatic rings. The van der Waals surface area contributed by atoms with E-state index in [1.165, 1.54) is 5.56 Å². The molecule has 0 atom stereocenters. The second kappa shape index (κ2) is 8.15. The van der Waals surface area contributed by atoms with Gasteiger partial charge in [-0.3, -0.25) is 4.98 Å². The number of piperidine rings is 1. The lowest BCUT2D eigenvalue weighted by atomic mass is 9.90. The average molecular weight is 374 g/mol. The first-order valence-corrected chi connectivity index (χ1v) is 9.75. The highest BCUT2D eigenvalue weighted by Crippen LogP contribution is 2.28.